The third-order valence-electron chi connectivity index (χ3n) is 4.96. The third-order valence-corrected chi connectivity index (χ3v) is 5.87. The predicted octanol–water partition coefficient (Wildman–Crippen LogP) is 0.842. The van der Waals surface area contributed by atoms with Crippen molar-refractivity contribution in [1.82, 2.24) is 23.7 Å². The Bertz CT molecular complexity index is 1510. The van der Waals surface area contributed by atoms with E-state index in [1.54, 1.807) is 0 Å². The van der Waals surface area contributed by atoms with Gasteiger partial charge in [0.1, 0.15) is 6.54 Å². The molecule has 0 unspecified atom stereocenters. The molecule has 0 radical (unpaired) electrons. The number of hydrogen-bond donors (Lipinski definition) is 1. The molecule has 12 heteroatoms. The summed E-state index contributed by atoms with van der Waals surface area (Å²) in [6.45, 7) is 3.10. The minimum atomic E-state index is -0.730. The van der Waals surface area contributed by atoms with Gasteiger partial charge in [-0.1, -0.05) is 17.4 Å². The lowest BCUT2D eigenvalue weighted by atomic mass is 10.1. The molecule has 166 valence electrons. The fourth-order valence-corrected chi connectivity index (χ4v) is 4.49. The van der Waals surface area contributed by atoms with Crippen LogP contribution in [0.15, 0.2) is 28.0 Å². The first-order chi connectivity index (χ1) is 15.2. The van der Waals surface area contributed by atoms with Crippen molar-refractivity contribution in [2.24, 2.45) is 14.1 Å². The first kappa shape index (κ1) is 21.4. The summed E-state index contributed by atoms with van der Waals surface area (Å²) >= 11 is 1.34. The number of anilines is 1. The summed E-state index contributed by atoms with van der Waals surface area (Å²) in [5.74, 6) is -1.26. The predicted molar refractivity (Wildman–Crippen MR) is 119 cm³/mol. The number of imidazole rings is 1. The normalized spacial score (nSPS) is 11.2. The zero-order valence-corrected chi connectivity index (χ0v) is 18.6. The molecule has 1 N–H and O–H groups in total. The number of nitrogens with one attached hydrogen (secondary N) is 1. The number of thiazole rings is 1. The maximum Gasteiger partial charge on any atom is 0.332 e. The van der Waals surface area contributed by atoms with Crippen LogP contribution in [0.25, 0.3) is 21.4 Å². The lowest BCUT2D eigenvalue weighted by Gasteiger charge is -2.07. The van der Waals surface area contributed by atoms with E-state index in [2.05, 4.69) is 15.3 Å². The number of benzene rings is 1. The van der Waals surface area contributed by atoms with E-state index < -0.39 is 29.7 Å². The number of aromatic nitrogens is 5. The van der Waals surface area contributed by atoms with Gasteiger partial charge in [-0.3, -0.25) is 28.8 Å². The van der Waals surface area contributed by atoms with E-state index in [1.165, 1.54) is 40.9 Å². The molecule has 0 spiro atoms. The van der Waals surface area contributed by atoms with Crippen LogP contribution in [0.3, 0.4) is 0 Å². The van der Waals surface area contributed by atoms with Crippen molar-refractivity contribution in [3.63, 3.8) is 0 Å². The van der Waals surface area contributed by atoms with Crippen LogP contribution < -0.4 is 16.6 Å². The standard InChI is InChI=1S/C20H20N6O5S/c1-10-5-11(2)15-12(6-10)32-19(23-15)22-13(27)8-31-14(28)7-26-9-21-17-16(26)18(29)25(4)20(30)24(17)3/h5-6,9H,7-8H2,1-4H3,(H,22,23,27). The highest BCUT2D eigenvalue weighted by Gasteiger charge is 2.17. The molecule has 0 bridgehead atoms. The fourth-order valence-electron chi connectivity index (χ4n) is 3.43. The molecule has 32 heavy (non-hydrogen) atoms. The second-order valence-electron chi connectivity index (χ2n) is 7.41. The Balaban J connectivity index is 1.42. The number of aryl methyl sites for hydroxylation is 3. The Kier molecular flexibility index (Phi) is 5.38. The van der Waals surface area contributed by atoms with Crippen LogP contribution in [0.5, 0.6) is 0 Å². The van der Waals surface area contributed by atoms with Crippen molar-refractivity contribution >= 4 is 49.7 Å². The van der Waals surface area contributed by atoms with Crippen LogP contribution in [0.4, 0.5) is 5.13 Å². The quantitative estimate of drug-likeness (QED) is 0.441. The van der Waals surface area contributed by atoms with Crippen molar-refractivity contribution in [3.05, 3.63) is 50.4 Å². The average molecular weight is 456 g/mol. The summed E-state index contributed by atoms with van der Waals surface area (Å²) in [6, 6.07) is 4.01. The molecule has 0 fully saturated rings. The van der Waals surface area contributed by atoms with Gasteiger partial charge in [0.2, 0.25) is 0 Å². The minimum absolute atomic E-state index is 0.0936. The minimum Gasteiger partial charge on any atom is -0.454 e. The highest BCUT2D eigenvalue weighted by Crippen LogP contribution is 2.29. The average Bonchev–Trinajstić information content (AvgIpc) is 3.33. The second kappa shape index (κ2) is 8.04. The van der Waals surface area contributed by atoms with Crippen LogP contribution in [-0.2, 0) is 35.0 Å². The number of hydrogen-bond acceptors (Lipinski definition) is 8. The molecule has 0 atom stereocenters. The highest BCUT2D eigenvalue weighted by molar-refractivity contribution is 7.22. The Morgan fingerprint density at radius 2 is 1.91 bits per heavy atom. The molecule has 4 aromatic rings. The SMILES string of the molecule is Cc1cc(C)c2nc(NC(=O)COC(=O)Cn3cnc4c3c(=O)n(C)c(=O)n4C)sc2c1. The highest BCUT2D eigenvalue weighted by atomic mass is 32.1. The maximum absolute atomic E-state index is 12.4. The van der Waals surface area contributed by atoms with Crippen molar-refractivity contribution in [3.8, 4) is 0 Å². The van der Waals surface area contributed by atoms with Gasteiger partial charge in [0.05, 0.1) is 16.5 Å². The van der Waals surface area contributed by atoms with Crippen LogP contribution >= 0.6 is 11.3 Å². The van der Waals surface area contributed by atoms with E-state index in [0.29, 0.717) is 5.13 Å². The number of fused-ring (bicyclic) bond motifs is 2. The Labute approximate surface area is 184 Å². The zero-order valence-electron chi connectivity index (χ0n) is 17.8. The molecule has 11 nitrogen and oxygen atoms in total. The first-order valence-corrected chi connectivity index (χ1v) is 10.4. The van der Waals surface area contributed by atoms with Gasteiger partial charge in [0.25, 0.3) is 11.5 Å². The van der Waals surface area contributed by atoms with E-state index >= 15 is 0 Å². The van der Waals surface area contributed by atoms with Crippen LogP contribution in [0, 0.1) is 13.8 Å². The Morgan fingerprint density at radius 3 is 2.66 bits per heavy atom. The smallest absolute Gasteiger partial charge is 0.332 e. The van der Waals surface area contributed by atoms with Crippen molar-refractivity contribution in [2.75, 3.05) is 11.9 Å². The van der Waals surface area contributed by atoms with E-state index in [4.69, 9.17) is 4.74 Å². The van der Waals surface area contributed by atoms with Gasteiger partial charge in [-0.2, -0.15) is 0 Å². The molecule has 0 saturated heterocycles. The molecule has 0 aliphatic heterocycles. The van der Waals surface area contributed by atoms with E-state index in [-0.39, 0.29) is 17.7 Å². The van der Waals surface area contributed by atoms with Gasteiger partial charge in [-0.05, 0) is 31.0 Å². The van der Waals surface area contributed by atoms with Crippen molar-refractivity contribution in [1.29, 1.82) is 0 Å². The summed E-state index contributed by atoms with van der Waals surface area (Å²) in [5, 5.41) is 3.05. The van der Waals surface area contributed by atoms with Gasteiger partial charge in [-0.25, -0.2) is 14.8 Å². The third kappa shape index (κ3) is 3.80. The molecule has 1 amide bonds. The maximum atomic E-state index is 12.4. The van der Waals surface area contributed by atoms with Crippen LogP contribution in [0.1, 0.15) is 11.1 Å². The number of rotatable bonds is 5. The zero-order chi connectivity index (χ0) is 23.2. The number of ether oxygens (including phenoxy) is 1. The Morgan fingerprint density at radius 1 is 1.16 bits per heavy atom. The molecule has 1 aromatic carbocycles. The number of amides is 1. The summed E-state index contributed by atoms with van der Waals surface area (Å²) in [6.07, 6.45) is 1.28. The number of nitrogens with zero attached hydrogens (tertiary/aromatic N) is 5. The number of carbonyl (C=O) groups excluding carboxylic acids is 2. The molecule has 0 aliphatic rings. The van der Waals surface area contributed by atoms with Crippen LogP contribution in [-0.4, -0.2) is 42.2 Å². The Hall–Kier alpha value is -3.80. The second-order valence-corrected chi connectivity index (χ2v) is 8.44. The van der Waals surface area contributed by atoms with Crippen molar-refractivity contribution < 1.29 is 14.3 Å². The topological polar surface area (TPSA) is 130 Å². The lowest BCUT2D eigenvalue weighted by Crippen LogP contribution is -2.37. The van der Waals surface area contributed by atoms with Crippen LogP contribution in [0.2, 0.25) is 0 Å². The number of carbonyl (C=O) groups is 2. The first-order valence-electron chi connectivity index (χ1n) is 9.60. The van der Waals surface area contributed by atoms with Gasteiger partial charge >= 0.3 is 11.7 Å². The van der Waals surface area contributed by atoms with Gasteiger partial charge in [-0.15, -0.1) is 0 Å². The van der Waals surface area contributed by atoms with Gasteiger partial charge in [0, 0.05) is 14.1 Å². The summed E-state index contributed by atoms with van der Waals surface area (Å²) in [7, 11) is 2.82. The molecule has 0 aliphatic carbocycles. The lowest BCUT2D eigenvalue weighted by molar-refractivity contribution is -0.147. The largest absolute Gasteiger partial charge is 0.454 e. The number of esters is 1. The van der Waals surface area contributed by atoms with E-state index in [1.807, 2.05) is 26.0 Å². The van der Waals surface area contributed by atoms with Gasteiger partial charge < -0.3 is 9.30 Å². The molecule has 3 heterocycles. The van der Waals surface area contributed by atoms with E-state index in [9.17, 15) is 19.2 Å². The fraction of sp³-hybridized carbons (Fsp3) is 0.300. The monoisotopic (exact) mass is 456 g/mol. The molecule has 0 saturated carbocycles. The molecule has 3 aromatic heterocycles. The summed E-state index contributed by atoms with van der Waals surface area (Å²) < 4.78 is 9.43. The molecular weight excluding hydrogens is 436 g/mol. The molecule has 4 rings (SSSR count). The van der Waals surface area contributed by atoms with Gasteiger partial charge in [0.15, 0.2) is 22.9 Å². The molecular formula is C20H20N6O5S. The summed E-state index contributed by atoms with van der Waals surface area (Å²) in [5.41, 5.74) is 2.09. The van der Waals surface area contributed by atoms with E-state index in [0.717, 1.165) is 25.9 Å². The summed E-state index contributed by atoms with van der Waals surface area (Å²) in [4.78, 5) is 57.3. The van der Waals surface area contributed by atoms with Crippen molar-refractivity contribution in [2.45, 2.75) is 20.4 Å².